The van der Waals surface area contributed by atoms with Gasteiger partial charge in [0, 0.05) is 6.07 Å². The van der Waals surface area contributed by atoms with Gasteiger partial charge in [-0.3, -0.25) is 0 Å². The molecule has 1 aromatic heterocycles. The number of nitrogens with zero attached hydrogens (tertiary/aromatic N) is 1. The minimum Gasteiger partial charge on any atom is -0.200 e. The molecule has 0 N–H and O–H groups in total. The van der Waals surface area contributed by atoms with E-state index in [0.29, 0.717) is 6.17 Å². The van der Waals surface area contributed by atoms with Crippen LogP contribution in [0.4, 0.5) is 0 Å². The van der Waals surface area contributed by atoms with Crippen molar-refractivity contribution in [2.24, 2.45) is 7.05 Å². The zero-order chi connectivity index (χ0) is 15.1. The highest BCUT2D eigenvalue weighted by atomic mass is 14.9. The van der Waals surface area contributed by atoms with Gasteiger partial charge >= 0.3 is 0 Å². The lowest BCUT2D eigenvalue weighted by Gasteiger charge is -2.11. The van der Waals surface area contributed by atoms with Gasteiger partial charge in [0.2, 0.25) is 5.69 Å². The van der Waals surface area contributed by atoms with E-state index in [9.17, 15) is 0 Å². The summed E-state index contributed by atoms with van der Waals surface area (Å²) in [5.41, 5.74) is 6.19. The summed E-state index contributed by atoms with van der Waals surface area (Å²) in [4.78, 5) is 0. The fourth-order valence-corrected chi connectivity index (χ4v) is 2.86. The van der Waals surface area contributed by atoms with Crippen molar-refractivity contribution in [2.45, 2.75) is 20.8 Å². The second-order valence-corrected chi connectivity index (χ2v) is 5.52. The van der Waals surface area contributed by atoms with Gasteiger partial charge in [0.15, 0.2) is 6.17 Å². The SMILES string of the molecule is [2H]c1cc2ccccc2c(-c2cc(C)cc(C)c2C)[n+]1C. The Balaban J connectivity index is 2.48. The highest BCUT2D eigenvalue weighted by molar-refractivity contribution is 5.93. The third-order valence-electron chi connectivity index (χ3n) is 4.03. The Morgan fingerprint density at radius 2 is 1.75 bits per heavy atom. The first-order valence-corrected chi connectivity index (χ1v) is 6.95. The van der Waals surface area contributed by atoms with Crippen LogP contribution in [0.2, 0.25) is 0 Å². The predicted molar refractivity (Wildman–Crippen MR) is 84.8 cm³/mol. The van der Waals surface area contributed by atoms with Crippen LogP contribution in [0.1, 0.15) is 18.1 Å². The number of aromatic nitrogens is 1. The molecule has 0 aliphatic heterocycles. The fraction of sp³-hybridized carbons (Fsp3) is 0.211. The molecule has 0 radical (unpaired) electrons. The van der Waals surface area contributed by atoms with Gasteiger partial charge in [0.25, 0.3) is 0 Å². The third-order valence-corrected chi connectivity index (χ3v) is 4.03. The summed E-state index contributed by atoms with van der Waals surface area (Å²) in [6, 6.07) is 14.7. The van der Waals surface area contributed by atoms with Gasteiger partial charge < -0.3 is 0 Å². The topological polar surface area (TPSA) is 3.88 Å². The molecule has 0 aliphatic rings. The maximum absolute atomic E-state index is 8.23. The zero-order valence-electron chi connectivity index (χ0n) is 13.5. The molecule has 0 saturated carbocycles. The molecule has 100 valence electrons. The van der Waals surface area contributed by atoms with E-state index in [0.717, 1.165) is 11.1 Å². The van der Waals surface area contributed by atoms with Crippen molar-refractivity contribution in [1.82, 2.24) is 0 Å². The molecule has 0 saturated heterocycles. The summed E-state index contributed by atoms with van der Waals surface area (Å²) in [6.07, 6.45) is 0.530. The minimum atomic E-state index is 0.530. The predicted octanol–water partition coefficient (Wildman–Crippen LogP) is 4.26. The first kappa shape index (κ1) is 11.7. The Hall–Kier alpha value is -2.15. The summed E-state index contributed by atoms with van der Waals surface area (Å²) >= 11 is 0. The number of aryl methyl sites for hydroxylation is 2. The molecular formula is C19H20N+. The van der Waals surface area contributed by atoms with E-state index < -0.39 is 0 Å². The molecule has 20 heavy (non-hydrogen) atoms. The standard InChI is InChI=1S/C19H20N/c1-13-11-14(2)15(3)18(12-13)19-17-8-6-5-7-16(17)9-10-20(19)4/h5-12H,1-4H3/q+1/i10D. The summed E-state index contributed by atoms with van der Waals surface area (Å²) in [6.45, 7) is 6.44. The Kier molecular flexibility index (Phi) is 2.77. The van der Waals surface area contributed by atoms with Crippen molar-refractivity contribution >= 4 is 10.8 Å². The number of hydrogen-bond acceptors (Lipinski definition) is 0. The molecule has 1 heterocycles. The van der Waals surface area contributed by atoms with Crippen LogP contribution in [0.3, 0.4) is 0 Å². The van der Waals surface area contributed by atoms with E-state index in [1.54, 1.807) is 0 Å². The average Bonchev–Trinajstić information content (AvgIpc) is 2.45. The normalized spacial score (nSPS) is 11.7. The van der Waals surface area contributed by atoms with E-state index in [1.165, 1.54) is 27.6 Å². The number of hydrogen-bond donors (Lipinski definition) is 0. The van der Waals surface area contributed by atoms with Crippen molar-refractivity contribution in [3.05, 3.63) is 65.3 Å². The van der Waals surface area contributed by atoms with Crippen molar-refractivity contribution in [2.75, 3.05) is 0 Å². The van der Waals surface area contributed by atoms with E-state index >= 15 is 0 Å². The molecule has 0 bridgehead atoms. The maximum atomic E-state index is 8.23. The molecule has 1 nitrogen and oxygen atoms in total. The van der Waals surface area contributed by atoms with Crippen LogP contribution in [0.15, 0.2) is 48.6 Å². The van der Waals surface area contributed by atoms with Crippen molar-refractivity contribution in [1.29, 1.82) is 0 Å². The molecule has 0 unspecified atom stereocenters. The van der Waals surface area contributed by atoms with Gasteiger partial charge in [-0.1, -0.05) is 29.8 Å². The van der Waals surface area contributed by atoms with Crippen LogP contribution < -0.4 is 4.57 Å². The average molecular weight is 263 g/mol. The van der Waals surface area contributed by atoms with E-state index in [1.807, 2.05) is 23.7 Å². The maximum Gasteiger partial charge on any atom is 0.220 e. The van der Waals surface area contributed by atoms with Gasteiger partial charge in [0.05, 0.1) is 10.9 Å². The highest BCUT2D eigenvalue weighted by Crippen LogP contribution is 2.30. The second-order valence-electron chi connectivity index (χ2n) is 5.52. The quantitative estimate of drug-likeness (QED) is 0.578. The first-order chi connectivity index (χ1) is 9.99. The van der Waals surface area contributed by atoms with Crippen LogP contribution in [0, 0.1) is 20.8 Å². The van der Waals surface area contributed by atoms with Gasteiger partial charge in [-0.05, 0) is 49.4 Å². The van der Waals surface area contributed by atoms with Crippen LogP contribution in [0.25, 0.3) is 22.0 Å². The van der Waals surface area contributed by atoms with Crippen molar-refractivity contribution < 1.29 is 5.94 Å². The fourth-order valence-electron chi connectivity index (χ4n) is 2.86. The van der Waals surface area contributed by atoms with E-state index in [4.69, 9.17) is 1.37 Å². The van der Waals surface area contributed by atoms with E-state index in [-0.39, 0.29) is 0 Å². The smallest absolute Gasteiger partial charge is 0.200 e. The molecular weight excluding hydrogens is 242 g/mol. The molecule has 1 heteroatoms. The monoisotopic (exact) mass is 263 g/mol. The van der Waals surface area contributed by atoms with Gasteiger partial charge in [-0.15, -0.1) is 0 Å². The van der Waals surface area contributed by atoms with E-state index in [2.05, 4.69) is 51.1 Å². The van der Waals surface area contributed by atoms with Crippen LogP contribution in [-0.4, -0.2) is 0 Å². The van der Waals surface area contributed by atoms with Gasteiger partial charge in [-0.2, -0.15) is 0 Å². The van der Waals surface area contributed by atoms with Crippen molar-refractivity contribution in [3.63, 3.8) is 0 Å². The number of benzene rings is 2. The van der Waals surface area contributed by atoms with Crippen LogP contribution >= 0.6 is 0 Å². The summed E-state index contributed by atoms with van der Waals surface area (Å²) in [5, 5.41) is 2.32. The third kappa shape index (κ3) is 2.00. The summed E-state index contributed by atoms with van der Waals surface area (Å²) in [7, 11) is 1.97. The Labute approximate surface area is 121 Å². The molecule has 0 amide bonds. The molecule has 3 rings (SSSR count). The lowest BCUT2D eigenvalue weighted by molar-refractivity contribution is -0.659. The second kappa shape index (κ2) is 4.75. The Bertz CT molecular complexity index is 850. The number of pyridine rings is 1. The molecule has 0 spiro atoms. The Morgan fingerprint density at radius 3 is 2.55 bits per heavy atom. The largest absolute Gasteiger partial charge is 0.220 e. The highest BCUT2D eigenvalue weighted by Gasteiger charge is 2.17. The molecule has 0 atom stereocenters. The summed E-state index contributed by atoms with van der Waals surface area (Å²) < 4.78 is 10.2. The lowest BCUT2D eigenvalue weighted by Crippen LogP contribution is -2.30. The lowest BCUT2D eigenvalue weighted by atomic mass is 9.95. The van der Waals surface area contributed by atoms with Gasteiger partial charge in [-0.25, -0.2) is 4.57 Å². The number of rotatable bonds is 1. The van der Waals surface area contributed by atoms with Crippen molar-refractivity contribution in [3.8, 4) is 11.3 Å². The van der Waals surface area contributed by atoms with Crippen LogP contribution in [0.5, 0.6) is 0 Å². The Morgan fingerprint density at radius 1 is 1.00 bits per heavy atom. The molecule has 0 aliphatic carbocycles. The summed E-state index contributed by atoms with van der Waals surface area (Å²) in [5.74, 6) is 0. The van der Waals surface area contributed by atoms with Crippen LogP contribution in [-0.2, 0) is 7.05 Å². The number of fused-ring (bicyclic) bond motifs is 1. The molecule has 2 aromatic carbocycles. The molecule has 0 fully saturated rings. The first-order valence-electron chi connectivity index (χ1n) is 7.45. The van der Waals surface area contributed by atoms with Gasteiger partial charge in [0.1, 0.15) is 8.42 Å². The molecule has 3 aromatic rings. The minimum absolute atomic E-state index is 0.530. The zero-order valence-corrected chi connectivity index (χ0v) is 12.5.